The van der Waals surface area contributed by atoms with E-state index in [1.54, 1.807) is 17.4 Å². The Morgan fingerprint density at radius 1 is 1.38 bits per heavy atom. The van der Waals surface area contributed by atoms with Crippen LogP contribution in [-0.2, 0) is 0 Å². The Hall–Kier alpha value is -0.910. The van der Waals surface area contributed by atoms with Crippen molar-refractivity contribution in [1.82, 2.24) is 5.32 Å². The van der Waals surface area contributed by atoms with Crippen molar-refractivity contribution in [3.63, 3.8) is 0 Å². The summed E-state index contributed by atoms with van der Waals surface area (Å²) in [6.07, 6.45) is 1.04. The van der Waals surface area contributed by atoms with Gasteiger partial charge in [0.05, 0.1) is 16.9 Å². The first-order valence-electron chi connectivity index (χ1n) is 6.89. The Kier molecular flexibility index (Phi) is 5.79. The summed E-state index contributed by atoms with van der Waals surface area (Å²) < 4.78 is 19.8. The number of ether oxygens (including phenoxy) is 1. The van der Waals surface area contributed by atoms with Gasteiger partial charge in [0, 0.05) is 4.88 Å². The molecule has 1 atom stereocenters. The highest BCUT2D eigenvalue weighted by molar-refractivity contribution is 9.11. The first-order valence-corrected chi connectivity index (χ1v) is 8.50. The van der Waals surface area contributed by atoms with E-state index in [2.05, 4.69) is 41.2 Å². The molecule has 114 valence electrons. The Labute approximate surface area is 137 Å². The maximum Gasteiger partial charge on any atom is 0.165 e. The summed E-state index contributed by atoms with van der Waals surface area (Å²) in [5.74, 6) is -0.0542. The van der Waals surface area contributed by atoms with Crippen LogP contribution in [0.25, 0.3) is 0 Å². The summed E-state index contributed by atoms with van der Waals surface area (Å²) in [4.78, 5) is 1.25. The molecule has 0 aliphatic rings. The van der Waals surface area contributed by atoms with Gasteiger partial charge >= 0.3 is 0 Å². The van der Waals surface area contributed by atoms with Crippen molar-refractivity contribution >= 4 is 27.3 Å². The molecule has 0 radical (unpaired) electrons. The molecule has 0 saturated heterocycles. The van der Waals surface area contributed by atoms with Crippen molar-refractivity contribution in [2.24, 2.45) is 0 Å². The largest absolute Gasteiger partial charge is 0.494 e. The second kappa shape index (κ2) is 7.38. The van der Waals surface area contributed by atoms with E-state index in [1.807, 2.05) is 6.07 Å². The van der Waals surface area contributed by atoms with Gasteiger partial charge < -0.3 is 10.1 Å². The van der Waals surface area contributed by atoms with Crippen LogP contribution < -0.4 is 10.1 Å². The molecule has 2 nitrogen and oxygen atoms in total. The second-order valence-electron chi connectivity index (χ2n) is 4.84. The molecular weight excluding hydrogens is 353 g/mol. The zero-order chi connectivity index (χ0) is 15.4. The minimum absolute atomic E-state index is 0.0435. The van der Waals surface area contributed by atoms with E-state index < -0.39 is 0 Å². The van der Waals surface area contributed by atoms with Crippen LogP contribution in [-0.4, -0.2) is 13.7 Å². The summed E-state index contributed by atoms with van der Waals surface area (Å²) in [6.45, 7) is 5.13. The first-order chi connectivity index (χ1) is 10.1. The highest BCUT2D eigenvalue weighted by Gasteiger charge is 2.19. The number of nitrogens with one attached hydrogen (secondary N) is 1. The molecule has 0 amide bonds. The van der Waals surface area contributed by atoms with Crippen molar-refractivity contribution in [2.45, 2.75) is 26.3 Å². The van der Waals surface area contributed by atoms with Crippen LogP contribution >= 0.6 is 27.3 Å². The third kappa shape index (κ3) is 3.84. The van der Waals surface area contributed by atoms with Gasteiger partial charge in [0.15, 0.2) is 11.6 Å². The van der Waals surface area contributed by atoms with E-state index in [4.69, 9.17) is 4.74 Å². The van der Waals surface area contributed by atoms with Crippen LogP contribution in [0, 0.1) is 12.7 Å². The van der Waals surface area contributed by atoms with E-state index in [0.29, 0.717) is 0 Å². The van der Waals surface area contributed by atoms with Crippen LogP contribution in [0.5, 0.6) is 5.75 Å². The fourth-order valence-electron chi connectivity index (χ4n) is 2.30. The summed E-state index contributed by atoms with van der Waals surface area (Å²) in [7, 11) is 1.49. The van der Waals surface area contributed by atoms with E-state index in [0.717, 1.165) is 22.3 Å². The Bertz CT molecular complexity index is 614. The summed E-state index contributed by atoms with van der Waals surface area (Å²) in [6, 6.07) is 7.22. The smallest absolute Gasteiger partial charge is 0.165 e. The molecule has 1 N–H and O–H groups in total. The third-order valence-corrected chi connectivity index (χ3v) is 4.91. The van der Waals surface area contributed by atoms with Crippen molar-refractivity contribution in [3.8, 4) is 5.75 Å². The van der Waals surface area contributed by atoms with Crippen LogP contribution in [0.15, 0.2) is 28.1 Å². The topological polar surface area (TPSA) is 21.3 Å². The van der Waals surface area contributed by atoms with E-state index >= 15 is 0 Å². The monoisotopic (exact) mass is 371 g/mol. The van der Waals surface area contributed by atoms with Gasteiger partial charge in [-0.2, -0.15) is 0 Å². The molecule has 5 heteroatoms. The zero-order valence-corrected chi connectivity index (χ0v) is 14.8. The molecular formula is C16H19BrFNOS. The SMILES string of the molecule is CCCNC(c1ccc(F)c(OC)c1)c1cc(Br)sc1C. The number of thiophene rings is 1. The molecule has 2 rings (SSSR count). The van der Waals surface area contributed by atoms with Crippen molar-refractivity contribution in [3.05, 3.63) is 49.9 Å². The van der Waals surface area contributed by atoms with Crippen LogP contribution in [0.3, 0.4) is 0 Å². The van der Waals surface area contributed by atoms with Gasteiger partial charge in [0.25, 0.3) is 0 Å². The van der Waals surface area contributed by atoms with E-state index in [1.165, 1.54) is 23.6 Å². The summed E-state index contributed by atoms with van der Waals surface area (Å²) in [5, 5.41) is 3.53. The summed E-state index contributed by atoms with van der Waals surface area (Å²) >= 11 is 5.25. The number of halogens is 2. The van der Waals surface area contributed by atoms with Gasteiger partial charge in [-0.3, -0.25) is 0 Å². The lowest BCUT2D eigenvalue weighted by Gasteiger charge is -2.20. The van der Waals surface area contributed by atoms with Gasteiger partial charge in [-0.05, 0) is 65.1 Å². The number of hydrogen-bond acceptors (Lipinski definition) is 3. The molecule has 0 fully saturated rings. The van der Waals surface area contributed by atoms with E-state index in [-0.39, 0.29) is 17.6 Å². The Morgan fingerprint density at radius 2 is 2.14 bits per heavy atom. The standard InChI is InChI=1S/C16H19BrFNOS/c1-4-7-19-16(12-9-15(17)21-10(12)2)11-5-6-13(18)14(8-11)20-3/h5-6,8-9,16,19H,4,7H2,1-3H3. The van der Waals surface area contributed by atoms with Gasteiger partial charge in [-0.15, -0.1) is 11.3 Å². The normalized spacial score (nSPS) is 12.4. The molecule has 0 bridgehead atoms. The van der Waals surface area contributed by atoms with Gasteiger partial charge in [0.1, 0.15) is 0 Å². The highest BCUT2D eigenvalue weighted by Crippen LogP contribution is 2.35. The lowest BCUT2D eigenvalue weighted by molar-refractivity contribution is 0.385. The number of hydrogen-bond donors (Lipinski definition) is 1. The Morgan fingerprint density at radius 3 is 2.71 bits per heavy atom. The maximum atomic E-state index is 13.6. The average Bonchev–Trinajstić information content (AvgIpc) is 2.79. The Balaban J connectivity index is 2.42. The molecule has 0 aliphatic heterocycles. The summed E-state index contributed by atoms with van der Waals surface area (Å²) in [5.41, 5.74) is 2.23. The van der Waals surface area contributed by atoms with Crippen molar-refractivity contribution in [1.29, 1.82) is 0 Å². The van der Waals surface area contributed by atoms with Gasteiger partial charge in [-0.1, -0.05) is 13.0 Å². The zero-order valence-electron chi connectivity index (χ0n) is 12.4. The van der Waals surface area contributed by atoms with Crippen LogP contribution in [0.1, 0.15) is 35.4 Å². The predicted molar refractivity (Wildman–Crippen MR) is 89.8 cm³/mol. The lowest BCUT2D eigenvalue weighted by atomic mass is 9.99. The first kappa shape index (κ1) is 16.5. The molecule has 0 saturated carbocycles. The van der Waals surface area contributed by atoms with Crippen molar-refractivity contribution in [2.75, 3.05) is 13.7 Å². The minimum Gasteiger partial charge on any atom is -0.494 e. The minimum atomic E-state index is -0.335. The fraction of sp³-hybridized carbons (Fsp3) is 0.375. The van der Waals surface area contributed by atoms with E-state index in [9.17, 15) is 4.39 Å². The van der Waals surface area contributed by atoms with Gasteiger partial charge in [0.2, 0.25) is 0 Å². The number of benzene rings is 1. The number of rotatable bonds is 6. The third-order valence-electron chi connectivity index (χ3n) is 3.34. The van der Waals surface area contributed by atoms with Crippen LogP contribution in [0.4, 0.5) is 4.39 Å². The molecule has 1 aromatic carbocycles. The fourth-order valence-corrected chi connectivity index (χ4v) is 4.05. The second-order valence-corrected chi connectivity index (χ2v) is 7.48. The molecule has 21 heavy (non-hydrogen) atoms. The molecule has 1 heterocycles. The highest BCUT2D eigenvalue weighted by atomic mass is 79.9. The average molecular weight is 372 g/mol. The van der Waals surface area contributed by atoms with Gasteiger partial charge in [-0.25, -0.2) is 4.39 Å². The molecule has 0 spiro atoms. The lowest BCUT2D eigenvalue weighted by Crippen LogP contribution is -2.23. The molecule has 0 aliphatic carbocycles. The van der Waals surface area contributed by atoms with Crippen LogP contribution in [0.2, 0.25) is 0 Å². The molecule has 2 aromatic rings. The quantitative estimate of drug-likeness (QED) is 0.766. The maximum absolute atomic E-state index is 13.6. The molecule has 1 aromatic heterocycles. The predicted octanol–water partition coefficient (Wildman–Crippen LogP) is 5.06. The molecule has 1 unspecified atom stereocenters. The number of methoxy groups -OCH3 is 1. The number of aryl methyl sites for hydroxylation is 1. The van der Waals surface area contributed by atoms with Crippen molar-refractivity contribution < 1.29 is 9.13 Å².